The molecule has 0 bridgehead atoms. The summed E-state index contributed by atoms with van der Waals surface area (Å²) in [7, 11) is 1.90. The van der Waals surface area contributed by atoms with Gasteiger partial charge in [0.15, 0.2) is 0 Å². The standard InChI is InChI=1S/C9H16N4O2/c1-7-8(6-12-13(7)2)5-11-3-4-15-9(10)14/h6,11H,3-5H2,1-2H3,(H2,10,14). The average molecular weight is 212 g/mol. The van der Waals surface area contributed by atoms with Crippen LogP contribution in [0.3, 0.4) is 0 Å². The lowest BCUT2D eigenvalue weighted by atomic mass is 10.2. The minimum absolute atomic E-state index is 0.286. The molecule has 0 atom stereocenters. The summed E-state index contributed by atoms with van der Waals surface area (Å²) in [5, 5.41) is 7.24. The molecule has 1 aromatic rings. The number of aryl methyl sites for hydroxylation is 1. The summed E-state index contributed by atoms with van der Waals surface area (Å²) >= 11 is 0. The fraction of sp³-hybridized carbons (Fsp3) is 0.556. The summed E-state index contributed by atoms with van der Waals surface area (Å²) in [5.74, 6) is 0. The van der Waals surface area contributed by atoms with Crippen LogP contribution in [0, 0.1) is 6.92 Å². The molecule has 0 unspecified atom stereocenters. The number of hydrogen-bond acceptors (Lipinski definition) is 4. The molecule has 3 N–H and O–H groups in total. The number of amides is 1. The zero-order valence-corrected chi connectivity index (χ0v) is 8.99. The van der Waals surface area contributed by atoms with Gasteiger partial charge >= 0.3 is 6.09 Å². The van der Waals surface area contributed by atoms with Gasteiger partial charge in [-0.3, -0.25) is 4.68 Å². The topological polar surface area (TPSA) is 82.2 Å². The first-order valence-corrected chi connectivity index (χ1v) is 4.71. The SMILES string of the molecule is Cc1c(CNCCOC(N)=O)cnn1C. The lowest BCUT2D eigenvalue weighted by Crippen LogP contribution is -2.23. The predicted octanol–water partition coefficient (Wildman–Crippen LogP) is -0.0866. The van der Waals surface area contributed by atoms with E-state index in [1.165, 1.54) is 0 Å². The molecule has 0 aliphatic heterocycles. The summed E-state index contributed by atoms with van der Waals surface area (Å²) in [6, 6.07) is 0. The van der Waals surface area contributed by atoms with E-state index in [1.807, 2.05) is 24.9 Å². The molecule has 1 heterocycles. The maximum atomic E-state index is 10.2. The highest BCUT2D eigenvalue weighted by Gasteiger charge is 2.02. The van der Waals surface area contributed by atoms with Gasteiger partial charge in [0.25, 0.3) is 0 Å². The molecule has 1 amide bonds. The lowest BCUT2D eigenvalue weighted by Gasteiger charge is -2.04. The number of nitrogens with zero attached hydrogens (tertiary/aromatic N) is 2. The highest BCUT2D eigenvalue weighted by molar-refractivity contribution is 5.64. The minimum atomic E-state index is -0.741. The first-order chi connectivity index (χ1) is 7.11. The molecule has 84 valence electrons. The van der Waals surface area contributed by atoms with E-state index in [1.54, 1.807) is 0 Å². The van der Waals surface area contributed by atoms with Crippen LogP contribution in [0.2, 0.25) is 0 Å². The van der Waals surface area contributed by atoms with Crippen molar-refractivity contribution in [3.8, 4) is 0 Å². The van der Waals surface area contributed by atoms with Crippen LogP contribution in [-0.2, 0) is 18.3 Å². The summed E-state index contributed by atoms with van der Waals surface area (Å²) in [6.45, 7) is 3.58. The summed E-state index contributed by atoms with van der Waals surface area (Å²) in [5.41, 5.74) is 7.07. The number of nitrogens with two attached hydrogens (primary N) is 1. The van der Waals surface area contributed by atoms with Crippen molar-refractivity contribution in [2.24, 2.45) is 12.8 Å². The second-order valence-electron chi connectivity index (χ2n) is 3.22. The van der Waals surface area contributed by atoms with Crippen LogP contribution in [0.15, 0.2) is 6.20 Å². The molecule has 1 aromatic heterocycles. The first kappa shape index (κ1) is 11.5. The van der Waals surface area contributed by atoms with Gasteiger partial charge in [0, 0.05) is 31.4 Å². The molecule has 0 aliphatic rings. The van der Waals surface area contributed by atoms with Crippen LogP contribution in [0.25, 0.3) is 0 Å². The van der Waals surface area contributed by atoms with Gasteiger partial charge in [-0.05, 0) is 6.92 Å². The number of nitrogens with one attached hydrogen (secondary N) is 1. The monoisotopic (exact) mass is 212 g/mol. The minimum Gasteiger partial charge on any atom is -0.448 e. The van der Waals surface area contributed by atoms with Crippen molar-refractivity contribution >= 4 is 6.09 Å². The van der Waals surface area contributed by atoms with Gasteiger partial charge in [-0.15, -0.1) is 0 Å². The van der Waals surface area contributed by atoms with Crippen molar-refractivity contribution in [2.45, 2.75) is 13.5 Å². The Morgan fingerprint density at radius 1 is 1.73 bits per heavy atom. The van der Waals surface area contributed by atoms with E-state index in [0.717, 1.165) is 11.3 Å². The third-order valence-electron chi connectivity index (χ3n) is 2.18. The number of rotatable bonds is 5. The Morgan fingerprint density at radius 2 is 2.47 bits per heavy atom. The quantitative estimate of drug-likeness (QED) is 0.668. The zero-order chi connectivity index (χ0) is 11.3. The van der Waals surface area contributed by atoms with E-state index >= 15 is 0 Å². The number of aromatic nitrogens is 2. The number of ether oxygens (including phenoxy) is 1. The smallest absolute Gasteiger partial charge is 0.404 e. The Bertz CT molecular complexity index is 335. The summed E-state index contributed by atoms with van der Waals surface area (Å²) < 4.78 is 6.39. The molecule has 0 fully saturated rings. The Hall–Kier alpha value is -1.56. The molecule has 0 saturated carbocycles. The summed E-state index contributed by atoms with van der Waals surface area (Å²) in [6.07, 6.45) is 1.08. The number of carbonyl (C=O) groups is 1. The lowest BCUT2D eigenvalue weighted by molar-refractivity contribution is 0.157. The Morgan fingerprint density at radius 3 is 3.00 bits per heavy atom. The molecule has 6 heteroatoms. The van der Waals surface area contributed by atoms with Gasteiger partial charge in [0.2, 0.25) is 0 Å². The molecular formula is C9H16N4O2. The van der Waals surface area contributed by atoms with Crippen molar-refractivity contribution < 1.29 is 9.53 Å². The van der Waals surface area contributed by atoms with Gasteiger partial charge in [0.1, 0.15) is 6.61 Å². The van der Waals surface area contributed by atoms with Gasteiger partial charge in [-0.1, -0.05) is 0 Å². The van der Waals surface area contributed by atoms with E-state index < -0.39 is 6.09 Å². The maximum Gasteiger partial charge on any atom is 0.404 e. The zero-order valence-electron chi connectivity index (χ0n) is 8.99. The Kier molecular flexibility index (Phi) is 4.11. The molecule has 0 saturated heterocycles. The van der Waals surface area contributed by atoms with Crippen molar-refractivity contribution in [3.63, 3.8) is 0 Å². The molecule has 1 rings (SSSR count). The average Bonchev–Trinajstić information content (AvgIpc) is 2.48. The van der Waals surface area contributed by atoms with E-state index in [-0.39, 0.29) is 6.61 Å². The van der Waals surface area contributed by atoms with E-state index in [2.05, 4.69) is 15.2 Å². The van der Waals surface area contributed by atoms with Crippen LogP contribution in [0.5, 0.6) is 0 Å². The Balaban J connectivity index is 2.20. The number of primary amides is 1. The van der Waals surface area contributed by atoms with Gasteiger partial charge in [0.05, 0.1) is 6.20 Å². The second-order valence-corrected chi connectivity index (χ2v) is 3.22. The molecule has 6 nitrogen and oxygen atoms in total. The van der Waals surface area contributed by atoms with Crippen LogP contribution < -0.4 is 11.1 Å². The first-order valence-electron chi connectivity index (χ1n) is 4.71. The highest BCUT2D eigenvalue weighted by atomic mass is 16.5. The molecule has 0 spiro atoms. The second kappa shape index (κ2) is 5.35. The number of carbonyl (C=O) groups excluding carboxylic acids is 1. The van der Waals surface area contributed by atoms with E-state index in [4.69, 9.17) is 5.73 Å². The molecule has 15 heavy (non-hydrogen) atoms. The normalized spacial score (nSPS) is 10.3. The third-order valence-corrected chi connectivity index (χ3v) is 2.18. The van der Waals surface area contributed by atoms with Gasteiger partial charge in [-0.25, -0.2) is 4.79 Å². The van der Waals surface area contributed by atoms with Crippen molar-refractivity contribution in [1.29, 1.82) is 0 Å². The molecule has 0 radical (unpaired) electrons. The van der Waals surface area contributed by atoms with Crippen LogP contribution in [-0.4, -0.2) is 29.0 Å². The molecule has 0 aliphatic carbocycles. The van der Waals surface area contributed by atoms with Crippen LogP contribution in [0.4, 0.5) is 4.79 Å². The van der Waals surface area contributed by atoms with Crippen molar-refractivity contribution in [1.82, 2.24) is 15.1 Å². The van der Waals surface area contributed by atoms with Gasteiger partial charge in [-0.2, -0.15) is 5.10 Å². The maximum absolute atomic E-state index is 10.2. The fourth-order valence-electron chi connectivity index (χ4n) is 1.16. The Labute approximate surface area is 88.4 Å². The largest absolute Gasteiger partial charge is 0.448 e. The molecule has 0 aromatic carbocycles. The molecular weight excluding hydrogens is 196 g/mol. The summed E-state index contributed by atoms with van der Waals surface area (Å²) in [4.78, 5) is 10.2. The van der Waals surface area contributed by atoms with Crippen LogP contribution in [0.1, 0.15) is 11.3 Å². The highest BCUT2D eigenvalue weighted by Crippen LogP contribution is 2.04. The van der Waals surface area contributed by atoms with Crippen LogP contribution >= 0.6 is 0 Å². The predicted molar refractivity (Wildman–Crippen MR) is 55.2 cm³/mol. The van der Waals surface area contributed by atoms with Crippen molar-refractivity contribution in [3.05, 3.63) is 17.5 Å². The number of hydrogen-bond donors (Lipinski definition) is 2. The fourth-order valence-corrected chi connectivity index (χ4v) is 1.16. The van der Waals surface area contributed by atoms with E-state index in [0.29, 0.717) is 13.1 Å². The van der Waals surface area contributed by atoms with Crippen molar-refractivity contribution in [2.75, 3.05) is 13.2 Å². The third kappa shape index (κ3) is 3.59. The van der Waals surface area contributed by atoms with Gasteiger partial charge < -0.3 is 15.8 Å². The van der Waals surface area contributed by atoms with E-state index in [9.17, 15) is 4.79 Å².